The molecule has 0 radical (unpaired) electrons. The van der Waals surface area contributed by atoms with Crippen molar-refractivity contribution in [3.05, 3.63) is 101 Å². The van der Waals surface area contributed by atoms with E-state index >= 15 is 0 Å². The minimum absolute atomic E-state index is 0.121. The summed E-state index contributed by atoms with van der Waals surface area (Å²) in [5, 5.41) is 11.3. The summed E-state index contributed by atoms with van der Waals surface area (Å²) in [6, 6.07) is 11.7. The van der Waals surface area contributed by atoms with E-state index in [-0.39, 0.29) is 17.9 Å². The number of carbonyl (C=O) groups excluding carboxylic acids is 1. The average Bonchev–Trinajstić information content (AvgIpc) is 3.59. The van der Waals surface area contributed by atoms with Crippen molar-refractivity contribution in [1.82, 2.24) is 4.57 Å². The van der Waals surface area contributed by atoms with Gasteiger partial charge in [-0.2, -0.15) is 0 Å². The third-order valence-corrected chi connectivity index (χ3v) is 7.79. The molecule has 2 aromatic heterocycles. The van der Waals surface area contributed by atoms with Crippen LogP contribution in [0, 0.1) is 10.1 Å². The number of furan rings is 1. The number of allylic oxidation sites excluding steroid dienone is 1. The van der Waals surface area contributed by atoms with Crippen LogP contribution in [-0.2, 0) is 9.53 Å². The standard InChI is InChI=1S/C30H27N3O9S/c1-6-41-29(35)26-16(2)31-30-32(27(26)20-10-8-18(38-3)14-24(20)40-5)28(34)25(43-30)15-19-9-12-23(42-19)21-13-17(33(36)37)7-11-22(21)39-4/h7-15,27H,6H2,1-5H3/b25-15-/t27-/m1/s1. The number of methoxy groups -OCH3 is 3. The van der Waals surface area contributed by atoms with Crippen LogP contribution >= 0.6 is 11.3 Å². The zero-order valence-electron chi connectivity index (χ0n) is 23.9. The first-order valence-electron chi connectivity index (χ1n) is 13.0. The summed E-state index contributed by atoms with van der Waals surface area (Å²) in [7, 11) is 4.48. The summed E-state index contributed by atoms with van der Waals surface area (Å²) >= 11 is 1.13. The van der Waals surface area contributed by atoms with Crippen LogP contribution in [0.1, 0.15) is 31.2 Å². The summed E-state index contributed by atoms with van der Waals surface area (Å²) < 4.78 is 29.4. The van der Waals surface area contributed by atoms with Crippen molar-refractivity contribution < 1.29 is 33.1 Å². The zero-order valence-corrected chi connectivity index (χ0v) is 24.7. The van der Waals surface area contributed by atoms with E-state index in [1.165, 1.54) is 44.1 Å². The van der Waals surface area contributed by atoms with E-state index in [1.807, 2.05) is 0 Å². The van der Waals surface area contributed by atoms with Gasteiger partial charge in [-0.15, -0.1) is 0 Å². The second-order valence-electron chi connectivity index (χ2n) is 9.25. The fourth-order valence-electron chi connectivity index (χ4n) is 4.84. The SMILES string of the molecule is CCOC(=O)C1=C(C)N=c2s/c(=C\c3ccc(-c4cc([N+](=O)[O-])ccc4OC)o3)c(=O)n2[C@@H]1c1ccc(OC)cc1OC. The molecule has 0 aliphatic carbocycles. The number of rotatable bonds is 9. The molecule has 1 aliphatic heterocycles. The van der Waals surface area contributed by atoms with E-state index in [0.29, 0.717) is 54.9 Å². The van der Waals surface area contributed by atoms with Crippen molar-refractivity contribution in [2.45, 2.75) is 19.9 Å². The van der Waals surface area contributed by atoms with Crippen LogP contribution in [0.4, 0.5) is 5.69 Å². The Kier molecular flexibility index (Phi) is 8.17. The van der Waals surface area contributed by atoms with Crippen molar-refractivity contribution >= 4 is 29.1 Å². The minimum atomic E-state index is -0.889. The molecule has 0 saturated carbocycles. The van der Waals surface area contributed by atoms with Gasteiger partial charge >= 0.3 is 5.97 Å². The predicted octanol–water partition coefficient (Wildman–Crippen LogP) is 3.99. The normalized spacial score (nSPS) is 14.6. The van der Waals surface area contributed by atoms with Gasteiger partial charge in [0.2, 0.25) is 0 Å². The Bertz CT molecular complexity index is 1950. The van der Waals surface area contributed by atoms with Gasteiger partial charge in [0.1, 0.15) is 34.8 Å². The second-order valence-corrected chi connectivity index (χ2v) is 10.3. The molecule has 0 spiro atoms. The molecule has 13 heteroatoms. The molecule has 5 rings (SSSR count). The van der Waals surface area contributed by atoms with Crippen LogP contribution in [0.25, 0.3) is 17.4 Å². The fourth-order valence-corrected chi connectivity index (χ4v) is 5.86. The number of ether oxygens (including phenoxy) is 4. The third-order valence-electron chi connectivity index (χ3n) is 6.81. The van der Waals surface area contributed by atoms with E-state index in [1.54, 1.807) is 50.3 Å². The Labute approximate surface area is 248 Å². The number of nitrogens with zero attached hydrogens (tertiary/aromatic N) is 3. The number of hydrogen-bond acceptors (Lipinski definition) is 11. The first kappa shape index (κ1) is 29.3. The predicted molar refractivity (Wildman–Crippen MR) is 157 cm³/mol. The van der Waals surface area contributed by atoms with Gasteiger partial charge in [-0.05, 0) is 44.2 Å². The van der Waals surface area contributed by atoms with E-state index in [9.17, 15) is 19.7 Å². The van der Waals surface area contributed by atoms with Gasteiger partial charge in [0.25, 0.3) is 11.2 Å². The first-order valence-corrected chi connectivity index (χ1v) is 13.9. The molecule has 0 saturated heterocycles. The Morgan fingerprint density at radius 2 is 1.86 bits per heavy atom. The number of esters is 1. The highest BCUT2D eigenvalue weighted by Crippen LogP contribution is 2.38. The molecule has 1 aliphatic rings. The van der Waals surface area contributed by atoms with E-state index in [4.69, 9.17) is 23.4 Å². The van der Waals surface area contributed by atoms with Crippen LogP contribution in [-0.4, -0.2) is 43.4 Å². The zero-order chi connectivity index (χ0) is 30.8. The molecule has 43 heavy (non-hydrogen) atoms. The maximum atomic E-state index is 14.0. The number of thiazole rings is 1. The number of non-ortho nitro benzene ring substituents is 1. The van der Waals surface area contributed by atoms with Gasteiger partial charge in [-0.25, -0.2) is 9.79 Å². The van der Waals surface area contributed by atoms with Crippen LogP contribution in [0.3, 0.4) is 0 Å². The molecule has 0 unspecified atom stereocenters. The van der Waals surface area contributed by atoms with Crippen molar-refractivity contribution in [3.8, 4) is 28.6 Å². The third kappa shape index (κ3) is 5.42. The Morgan fingerprint density at radius 1 is 1.09 bits per heavy atom. The molecule has 1 atom stereocenters. The Hall–Kier alpha value is -5.17. The molecule has 0 fully saturated rings. The van der Waals surface area contributed by atoms with Crippen LogP contribution < -0.4 is 29.1 Å². The van der Waals surface area contributed by atoms with Crippen molar-refractivity contribution in [3.63, 3.8) is 0 Å². The molecule has 0 amide bonds. The van der Waals surface area contributed by atoms with Crippen LogP contribution in [0.15, 0.2) is 74.0 Å². The highest BCUT2D eigenvalue weighted by atomic mass is 32.1. The van der Waals surface area contributed by atoms with E-state index < -0.39 is 22.5 Å². The summed E-state index contributed by atoms with van der Waals surface area (Å²) in [5.41, 5.74) is 1.02. The fraction of sp³-hybridized carbons (Fsp3) is 0.233. The van der Waals surface area contributed by atoms with E-state index in [0.717, 1.165) is 11.3 Å². The van der Waals surface area contributed by atoms with Gasteiger partial charge in [0, 0.05) is 29.8 Å². The Morgan fingerprint density at radius 3 is 2.53 bits per heavy atom. The number of fused-ring (bicyclic) bond motifs is 1. The number of aromatic nitrogens is 1. The average molecular weight is 606 g/mol. The summed E-state index contributed by atoms with van der Waals surface area (Å²) in [5.74, 6) is 1.40. The number of benzene rings is 2. The number of nitro benzene ring substituents is 1. The first-order chi connectivity index (χ1) is 20.7. The number of hydrogen-bond donors (Lipinski definition) is 0. The molecular weight excluding hydrogens is 578 g/mol. The maximum absolute atomic E-state index is 14.0. The minimum Gasteiger partial charge on any atom is -0.497 e. The number of carbonyl (C=O) groups is 1. The topological polar surface area (TPSA) is 145 Å². The van der Waals surface area contributed by atoms with Gasteiger partial charge in [-0.1, -0.05) is 11.3 Å². The van der Waals surface area contributed by atoms with Gasteiger partial charge in [0.15, 0.2) is 4.80 Å². The van der Waals surface area contributed by atoms with Crippen LogP contribution in [0.5, 0.6) is 17.2 Å². The molecule has 0 N–H and O–H groups in total. The lowest BCUT2D eigenvalue weighted by Gasteiger charge is -2.26. The quantitative estimate of drug-likeness (QED) is 0.157. The monoisotopic (exact) mass is 605 g/mol. The maximum Gasteiger partial charge on any atom is 0.338 e. The summed E-state index contributed by atoms with van der Waals surface area (Å²) in [6.07, 6.45) is 1.56. The lowest BCUT2D eigenvalue weighted by molar-refractivity contribution is -0.384. The van der Waals surface area contributed by atoms with Crippen LogP contribution in [0.2, 0.25) is 0 Å². The van der Waals surface area contributed by atoms with Gasteiger partial charge in [-0.3, -0.25) is 19.5 Å². The lowest BCUT2D eigenvalue weighted by Crippen LogP contribution is -2.40. The van der Waals surface area contributed by atoms with Gasteiger partial charge < -0.3 is 23.4 Å². The largest absolute Gasteiger partial charge is 0.497 e. The molecule has 12 nitrogen and oxygen atoms in total. The van der Waals surface area contributed by atoms with Crippen molar-refractivity contribution in [1.29, 1.82) is 0 Å². The van der Waals surface area contributed by atoms with Crippen molar-refractivity contribution in [2.24, 2.45) is 4.99 Å². The molecule has 3 heterocycles. The number of nitro groups is 1. The molecule has 0 bridgehead atoms. The summed E-state index contributed by atoms with van der Waals surface area (Å²) in [4.78, 5) is 42.9. The highest BCUT2D eigenvalue weighted by Gasteiger charge is 2.35. The van der Waals surface area contributed by atoms with Crippen molar-refractivity contribution in [2.75, 3.05) is 27.9 Å². The molecular formula is C30H27N3O9S. The Balaban J connectivity index is 1.66. The second kappa shape index (κ2) is 12.0. The summed E-state index contributed by atoms with van der Waals surface area (Å²) in [6.45, 7) is 3.53. The van der Waals surface area contributed by atoms with E-state index in [2.05, 4.69) is 4.99 Å². The lowest BCUT2D eigenvalue weighted by atomic mass is 9.95. The highest BCUT2D eigenvalue weighted by molar-refractivity contribution is 7.07. The molecule has 4 aromatic rings. The molecule has 2 aromatic carbocycles. The molecule has 222 valence electrons. The van der Waals surface area contributed by atoms with Gasteiger partial charge in [0.05, 0.1) is 54.2 Å². The smallest absolute Gasteiger partial charge is 0.338 e.